The monoisotopic (exact) mass is 572 g/mol. The summed E-state index contributed by atoms with van der Waals surface area (Å²) in [6.07, 6.45) is -12.7. The van der Waals surface area contributed by atoms with E-state index in [9.17, 15) is 53.5 Å². The largest absolute Gasteiger partial charge is 0.465 e. The van der Waals surface area contributed by atoms with Gasteiger partial charge in [-0.1, -0.05) is 24.3 Å². The highest BCUT2D eigenvalue weighted by molar-refractivity contribution is 6.06. The quantitative estimate of drug-likeness (QED) is 0.252. The van der Waals surface area contributed by atoms with Gasteiger partial charge in [-0.25, -0.2) is 14.3 Å². The van der Waals surface area contributed by atoms with Gasteiger partial charge in [0.15, 0.2) is 5.69 Å². The second-order valence-electron chi connectivity index (χ2n) is 7.71. The maximum atomic E-state index is 14.6. The van der Waals surface area contributed by atoms with E-state index < -0.39 is 69.8 Å². The summed E-state index contributed by atoms with van der Waals surface area (Å²) in [4.78, 5) is 25.2. The minimum absolute atomic E-state index is 0.0374. The van der Waals surface area contributed by atoms with Crippen LogP contribution in [-0.4, -0.2) is 48.0 Å². The van der Waals surface area contributed by atoms with E-state index in [4.69, 9.17) is 0 Å². The summed E-state index contributed by atoms with van der Waals surface area (Å²) in [5, 5.41) is 3.89. The average Bonchev–Trinajstić information content (AvgIpc) is 3.27. The van der Waals surface area contributed by atoms with Crippen molar-refractivity contribution in [1.82, 2.24) is 9.78 Å². The second kappa shape index (κ2) is 9.89. The summed E-state index contributed by atoms with van der Waals surface area (Å²) >= 11 is 0. The Kier molecular flexibility index (Phi) is 7.47. The molecule has 1 heterocycles. The fourth-order valence-electron chi connectivity index (χ4n) is 3.50. The fraction of sp³-hybridized carbons (Fsp3) is 0.261. The summed E-state index contributed by atoms with van der Waals surface area (Å²) in [5.74, 6) is -16.0. The van der Waals surface area contributed by atoms with Gasteiger partial charge in [0.05, 0.1) is 25.5 Å². The van der Waals surface area contributed by atoms with Gasteiger partial charge in [0.1, 0.15) is 11.3 Å². The number of rotatable bonds is 6. The fourth-order valence-corrected chi connectivity index (χ4v) is 3.50. The lowest BCUT2D eigenvalue weighted by Gasteiger charge is -2.30. The van der Waals surface area contributed by atoms with Crippen molar-refractivity contribution >= 4 is 11.9 Å². The summed E-state index contributed by atoms with van der Waals surface area (Å²) in [6, 6.07) is 6.98. The number of nitrogens with zero attached hydrogens (tertiary/aromatic N) is 2. The first kappa shape index (κ1) is 29.4. The molecule has 210 valence electrons. The molecule has 0 atom stereocenters. The Labute approximate surface area is 211 Å². The van der Waals surface area contributed by atoms with Crippen molar-refractivity contribution in [3.05, 3.63) is 70.9 Å². The lowest BCUT2D eigenvalue weighted by molar-refractivity contribution is -0.360. The van der Waals surface area contributed by atoms with E-state index in [1.165, 1.54) is 30.3 Å². The van der Waals surface area contributed by atoms with Crippen molar-refractivity contribution in [2.24, 2.45) is 0 Å². The Morgan fingerprint density at radius 1 is 0.769 bits per heavy atom. The van der Waals surface area contributed by atoms with Gasteiger partial charge >= 0.3 is 36.1 Å². The first-order chi connectivity index (χ1) is 17.9. The number of carbonyl (C=O) groups excluding carboxylic acids is 2. The molecule has 0 radical (unpaired) electrons. The van der Waals surface area contributed by atoms with Crippen LogP contribution in [0.15, 0.2) is 48.5 Å². The van der Waals surface area contributed by atoms with Crippen molar-refractivity contribution in [1.29, 1.82) is 0 Å². The second-order valence-corrected chi connectivity index (χ2v) is 7.71. The molecule has 0 N–H and O–H groups in total. The summed E-state index contributed by atoms with van der Waals surface area (Å²) in [6.45, 7) is 0. The normalized spacial score (nSPS) is 12.8. The maximum Gasteiger partial charge on any atom is 0.460 e. The van der Waals surface area contributed by atoms with Crippen LogP contribution in [0.1, 0.15) is 32.0 Å². The standard InChI is InChI=1S/C23H14F10N2O4/c1-38-18(36)15-16(34-35(17(15)19(37)39-2)12-6-4-3-5-7-12)11-8-9-13(21(26,27)28)14(10-11)20(24,25)22(29,30)23(31,32)33/h3-10H,1-2H3. The Bertz CT molecular complexity index is 1400. The molecule has 3 aromatic rings. The first-order valence-electron chi connectivity index (χ1n) is 10.3. The van der Waals surface area contributed by atoms with Gasteiger partial charge in [-0.3, -0.25) is 0 Å². The van der Waals surface area contributed by atoms with Crippen molar-refractivity contribution in [3.63, 3.8) is 0 Å². The third-order valence-electron chi connectivity index (χ3n) is 5.34. The highest BCUT2D eigenvalue weighted by Crippen LogP contribution is 2.54. The van der Waals surface area contributed by atoms with Crippen LogP contribution in [0, 0.1) is 0 Å². The number of carbonyl (C=O) groups is 2. The van der Waals surface area contributed by atoms with Crippen LogP contribution in [0.3, 0.4) is 0 Å². The summed E-state index contributed by atoms with van der Waals surface area (Å²) in [7, 11) is 1.69. The van der Waals surface area contributed by atoms with Crippen LogP contribution in [0.4, 0.5) is 43.9 Å². The van der Waals surface area contributed by atoms with Crippen LogP contribution >= 0.6 is 0 Å². The predicted molar refractivity (Wildman–Crippen MR) is 112 cm³/mol. The molecule has 0 bridgehead atoms. The maximum absolute atomic E-state index is 14.6. The van der Waals surface area contributed by atoms with Crippen LogP contribution in [0.2, 0.25) is 0 Å². The molecular formula is C23H14F10N2O4. The molecule has 1 aromatic heterocycles. The van der Waals surface area contributed by atoms with Crippen LogP contribution in [0.25, 0.3) is 16.9 Å². The van der Waals surface area contributed by atoms with Crippen LogP contribution in [0.5, 0.6) is 0 Å². The number of aromatic nitrogens is 2. The number of alkyl halides is 10. The van der Waals surface area contributed by atoms with E-state index in [0.29, 0.717) is 6.07 Å². The van der Waals surface area contributed by atoms with E-state index in [-0.39, 0.29) is 17.8 Å². The highest BCUT2D eigenvalue weighted by atomic mass is 19.4. The van der Waals surface area contributed by atoms with E-state index in [1.54, 1.807) is 0 Å². The minimum atomic E-state index is -6.94. The molecule has 0 fully saturated rings. The molecule has 0 spiro atoms. The van der Waals surface area contributed by atoms with E-state index in [2.05, 4.69) is 14.6 Å². The zero-order valence-corrected chi connectivity index (χ0v) is 19.4. The van der Waals surface area contributed by atoms with Gasteiger partial charge in [0.25, 0.3) is 0 Å². The smallest absolute Gasteiger partial charge is 0.460 e. The number of para-hydroxylation sites is 1. The third-order valence-corrected chi connectivity index (χ3v) is 5.34. The molecule has 2 aromatic carbocycles. The van der Waals surface area contributed by atoms with E-state index in [1.807, 2.05) is 0 Å². The van der Waals surface area contributed by atoms with Gasteiger partial charge in [-0.15, -0.1) is 0 Å². The lowest BCUT2D eigenvalue weighted by Crippen LogP contribution is -2.50. The topological polar surface area (TPSA) is 70.4 Å². The molecule has 16 heteroatoms. The molecule has 0 saturated carbocycles. The number of benzene rings is 2. The number of ether oxygens (including phenoxy) is 2. The molecule has 3 rings (SSSR count). The molecule has 39 heavy (non-hydrogen) atoms. The van der Waals surface area contributed by atoms with Gasteiger partial charge in [0.2, 0.25) is 0 Å². The molecule has 0 saturated heterocycles. The number of halogens is 10. The van der Waals surface area contributed by atoms with E-state index in [0.717, 1.165) is 18.9 Å². The summed E-state index contributed by atoms with van der Waals surface area (Å²) < 4.78 is 146. The van der Waals surface area contributed by atoms with Gasteiger partial charge < -0.3 is 9.47 Å². The summed E-state index contributed by atoms with van der Waals surface area (Å²) in [5.41, 5.74) is -8.59. The Morgan fingerprint density at radius 2 is 1.33 bits per heavy atom. The van der Waals surface area contributed by atoms with Gasteiger partial charge in [-0.05, 0) is 24.3 Å². The lowest BCUT2D eigenvalue weighted by atomic mass is 9.92. The average molecular weight is 572 g/mol. The van der Waals surface area contributed by atoms with Crippen molar-refractivity contribution < 1.29 is 63.0 Å². The van der Waals surface area contributed by atoms with E-state index >= 15 is 0 Å². The molecule has 6 nitrogen and oxygen atoms in total. The van der Waals surface area contributed by atoms with Gasteiger partial charge in [0, 0.05) is 11.1 Å². The number of methoxy groups -OCH3 is 2. The van der Waals surface area contributed by atoms with Crippen LogP contribution < -0.4 is 0 Å². The molecule has 0 aliphatic heterocycles. The number of hydrogen-bond acceptors (Lipinski definition) is 5. The Balaban J connectivity index is 2.45. The first-order valence-corrected chi connectivity index (χ1v) is 10.3. The molecule has 0 aliphatic rings. The third kappa shape index (κ3) is 5.02. The predicted octanol–water partition coefficient (Wildman–Crippen LogP) is 6.42. The SMILES string of the molecule is COC(=O)c1c(-c2ccc(C(F)(F)F)c(C(F)(F)C(F)(F)C(F)(F)F)c2)nn(-c2ccccc2)c1C(=O)OC. The minimum Gasteiger partial charge on any atom is -0.465 e. The zero-order chi connectivity index (χ0) is 29.6. The Morgan fingerprint density at radius 3 is 1.82 bits per heavy atom. The van der Waals surface area contributed by atoms with Gasteiger partial charge in [-0.2, -0.15) is 49.0 Å². The molecular weight excluding hydrogens is 558 g/mol. The Hall–Kier alpha value is -4.11. The molecule has 0 aliphatic carbocycles. The number of esters is 2. The number of hydrogen-bond donors (Lipinski definition) is 0. The molecule has 0 unspecified atom stereocenters. The van der Waals surface area contributed by atoms with Crippen molar-refractivity contribution in [2.75, 3.05) is 14.2 Å². The van der Waals surface area contributed by atoms with Crippen molar-refractivity contribution in [3.8, 4) is 16.9 Å². The van der Waals surface area contributed by atoms with Crippen LogP contribution in [-0.2, 0) is 21.6 Å². The molecule has 0 amide bonds. The zero-order valence-electron chi connectivity index (χ0n) is 19.4. The van der Waals surface area contributed by atoms with Crippen molar-refractivity contribution in [2.45, 2.75) is 24.2 Å². The highest BCUT2D eigenvalue weighted by Gasteiger charge is 2.74.